The number of nitrogens with zero attached hydrogens (tertiary/aromatic N) is 2. The highest BCUT2D eigenvalue weighted by molar-refractivity contribution is 5.01. The smallest absolute Gasteiger partial charge is 0.00475 e. The quantitative estimate of drug-likeness (QED) is 0.669. The summed E-state index contributed by atoms with van der Waals surface area (Å²) in [5.74, 6) is 1.02. The van der Waals surface area contributed by atoms with Crippen LogP contribution in [0.1, 0.15) is 26.7 Å². The fourth-order valence-corrected chi connectivity index (χ4v) is 3.35. The molecule has 1 aliphatic carbocycles. The fourth-order valence-electron chi connectivity index (χ4n) is 3.35. The van der Waals surface area contributed by atoms with E-state index in [1.54, 1.807) is 0 Å². The molecule has 0 unspecified atom stereocenters. The highest BCUT2D eigenvalue weighted by atomic mass is 15.2. The Balaban J connectivity index is 0.000000461. The molecule has 0 aromatic heterocycles. The van der Waals surface area contributed by atoms with Crippen LogP contribution in [0.3, 0.4) is 0 Å². The molecule has 0 aromatic rings. The molecule has 0 N–H and O–H groups in total. The molecule has 3 aliphatic rings. The first-order valence-electron chi connectivity index (χ1n) is 5.93. The minimum absolute atomic E-state index is 0.668. The molecule has 84 valence electrons. The maximum absolute atomic E-state index is 2.50. The predicted octanol–water partition coefficient (Wildman–Crippen LogP) is 1.92. The summed E-state index contributed by atoms with van der Waals surface area (Å²) >= 11 is 0. The van der Waals surface area contributed by atoms with E-state index in [-0.39, 0.29) is 0 Å². The SMILES string of the molecule is CC.CN(C)CC12CC(CN(C)C1)C2. The predicted molar refractivity (Wildman–Crippen MR) is 62.6 cm³/mol. The molecule has 2 aliphatic heterocycles. The third-order valence-corrected chi connectivity index (χ3v) is 3.27. The van der Waals surface area contributed by atoms with Crippen LogP contribution in [-0.4, -0.2) is 50.6 Å². The van der Waals surface area contributed by atoms with E-state index in [9.17, 15) is 0 Å². The van der Waals surface area contributed by atoms with Gasteiger partial charge in [-0.05, 0) is 45.3 Å². The molecule has 0 radical (unpaired) electrons. The van der Waals surface area contributed by atoms with Crippen LogP contribution >= 0.6 is 0 Å². The Hall–Kier alpha value is -0.0800. The standard InChI is InChI=1S/C10H20N2.C2H6/c1-11(2)7-10-4-9(5-10)6-12(3)8-10;1-2/h9H,4-8H2,1-3H3;1-2H3. The van der Waals surface area contributed by atoms with E-state index in [1.807, 2.05) is 13.8 Å². The van der Waals surface area contributed by atoms with Crippen molar-refractivity contribution in [2.24, 2.45) is 11.3 Å². The van der Waals surface area contributed by atoms with E-state index < -0.39 is 0 Å². The number of hydrogen-bond donors (Lipinski definition) is 0. The summed E-state index contributed by atoms with van der Waals surface area (Å²) in [6.07, 6.45) is 2.96. The molecule has 0 amide bonds. The number of hydrogen-bond acceptors (Lipinski definition) is 2. The van der Waals surface area contributed by atoms with Gasteiger partial charge in [-0.1, -0.05) is 13.8 Å². The van der Waals surface area contributed by atoms with Crippen LogP contribution in [0.25, 0.3) is 0 Å². The first-order chi connectivity index (χ1) is 6.60. The van der Waals surface area contributed by atoms with Crippen LogP contribution in [0.4, 0.5) is 0 Å². The fraction of sp³-hybridized carbons (Fsp3) is 1.00. The average molecular weight is 198 g/mol. The van der Waals surface area contributed by atoms with E-state index in [1.165, 1.54) is 32.5 Å². The summed E-state index contributed by atoms with van der Waals surface area (Å²) in [6.45, 7) is 7.95. The summed E-state index contributed by atoms with van der Waals surface area (Å²) in [6, 6.07) is 0. The third kappa shape index (κ3) is 2.48. The van der Waals surface area contributed by atoms with Crippen molar-refractivity contribution in [1.82, 2.24) is 9.80 Å². The average Bonchev–Trinajstić information content (AvgIpc) is 2.03. The van der Waals surface area contributed by atoms with Crippen molar-refractivity contribution in [2.75, 3.05) is 40.8 Å². The zero-order valence-corrected chi connectivity index (χ0v) is 10.5. The molecule has 2 heterocycles. The van der Waals surface area contributed by atoms with Crippen LogP contribution in [0.2, 0.25) is 0 Å². The summed E-state index contributed by atoms with van der Waals surface area (Å²) in [4.78, 5) is 4.84. The van der Waals surface area contributed by atoms with Gasteiger partial charge in [0.25, 0.3) is 0 Å². The lowest BCUT2D eigenvalue weighted by molar-refractivity contribution is -0.0637. The van der Waals surface area contributed by atoms with Crippen molar-refractivity contribution in [3.8, 4) is 0 Å². The zero-order chi connectivity index (χ0) is 10.8. The molecular formula is C12H26N2. The topological polar surface area (TPSA) is 6.48 Å². The highest BCUT2D eigenvalue weighted by Crippen LogP contribution is 2.50. The lowest BCUT2D eigenvalue weighted by atomic mass is 9.58. The summed E-state index contributed by atoms with van der Waals surface area (Å²) in [7, 11) is 6.64. The van der Waals surface area contributed by atoms with Crippen LogP contribution < -0.4 is 0 Å². The van der Waals surface area contributed by atoms with Crippen LogP contribution in [0.15, 0.2) is 0 Å². The van der Waals surface area contributed by atoms with Crippen molar-refractivity contribution in [2.45, 2.75) is 26.7 Å². The van der Waals surface area contributed by atoms with Gasteiger partial charge in [-0.15, -0.1) is 0 Å². The minimum Gasteiger partial charge on any atom is -0.309 e. The first-order valence-corrected chi connectivity index (χ1v) is 5.93. The maximum Gasteiger partial charge on any atom is 0.00475 e. The van der Waals surface area contributed by atoms with E-state index in [0.717, 1.165) is 5.92 Å². The summed E-state index contributed by atoms with van der Waals surface area (Å²) in [5, 5.41) is 0. The number of fused-ring (bicyclic) bond motifs is 2. The van der Waals surface area contributed by atoms with Gasteiger partial charge in [0.1, 0.15) is 0 Å². The van der Waals surface area contributed by atoms with E-state index >= 15 is 0 Å². The van der Waals surface area contributed by atoms with Gasteiger partial charge < -0.3 is 9.80 Å². The third-order valence-electron chi connectivity index (χ3n) is 3.27. The molecule has 2 saturated heterocycles. The molecule has 1 saturated carbocycles. The summed E-state index contributed by atoms with van der Waals surface area (Å²) in [5.41, 5.74) is 0.668. The molecule has 14 heavy (non-hydrogen) atoms. The Bertz CT molecular complexity index is 167. The van der Waals surface area contributed by atoms with Gasteiger partial charge in [-0.25, -0.2) is 0 Å². The molecule has 3 fully saturated rings. The van der Waals surface area contributed by atoms with Crippen molar-refractivity contribution in [1.29, 1.82) is 0 Å². The van der Waals surface area contributed by atoms with Crippen LogP contribution in [-0.2, 0) is 0 Å². The normalized spacial score (nSPS) is 36.0. The van der Waals surface area contributed by atoms with Gasteiger partial charge >= 0.3 is 0 Å². The van der Waals surface area contributed by atoms with Crippen LogP contribution in [0, 0.1) is 11.3 Å². The first kappa shape index (κ1) is 12.0. The molecular weight excluding hydrogens is 172 g/mol. The Kier molecular flexibility index (Phi) is 3.96. The second-order valence-electron chi connectivity index (χ2n) is 5.21. The zero-order valence-electron chi connectivity index (χ0n) is 10.5. The Morgan fingerprint density at radius 2 is 1.86 bits per heavy atom. The maximum atomic E-state index is 2.50. The van der Waals surface area contributed by atoms with Crippen molar-refractivity contribution < 1.29 is 0 Å². The molecule has 0 atom stereocenters. The van der Waals surface area contributed by atoms with E-state index in [4.69, 9.17) is 0 Å². The monoisotopic (exact) mass is 198 g/mol. The lowest BCUT2D eigenvalue weighted by Crippen LogP contribution is -2.58. The molecule has 2 nitrogen and oxygen atoms in total. The highest BCUT2D eigenvalue weighted by Gasteiger charge is 2.48. The second kappa shape index (κ2) is 4.63. The van der Waals surface area contributed by atoms with Crippen molar-refractivity contribution in [3.63, 3.8) is 0 Å². The number of piperidine rings is 2. The molecule has 0 aromatic carbocycles. The van der Waals surface area contributed by atoms with Gasteiger partial charge in [0.05, 0.1) is 0 Å². The Morgan fingerprint density at radius 3 is 2.29 bits per heavy atom. The van der Waals surface area contributed by atoms with Gasteiger partial charge in [-0.2, -0.15) is 0 Å². The Morgan fingerprint density at radius 1 is 1.29 bits per heavy atom. The number of rotatable bonds is 2. The molecule has 2 heteroatoms. The van der Waals surface area contributed by atoms with Gasteiger partial charge in [0, 0.05) is 19.6 Å². The molecule has 2 bridgehead atoms. The largest absolute Gasteiger partial charge is 0.309 e. The van der Waals surface area contributed by atoms with E-state index in [2.05, 4.69) is 30.9 Å². The van der Waals surface area contributed by atoms with Gasteiger partial charge in [-0.3, -0.25) is 0 Å². The van der Waals surface area contributed by atoms with Crippen LogP contribution in [0.5, 0.6) is 0 Å². The summed E-state index contributed by atoms with van der Waals surface area (Å²) < 4.78 is 0. The molecule has 0 spiro atoms. The van der Waals surface area contributed by atoms with Gasteiger partial charge in [0.15, 0.2) is 0 Å². The molecule has 3 rings (SSSR count). The van der Waals surface area contributed by atoms with Crippen molar-refractivity contribution in [3.05, 3.63) is 0 Å². The minimum atomic E-state index is 0.668. The Labute approximate surface area is 89.3 Å². The van der Waals surface area contributed by atoms with E-state index in [0.29, 0.717) is 5.41 Å². The second-order valence-corrected chi connectivity index (χ2v) is 5.21. The lowest BCUT2D eigenvalue weighted by Gasteiger charge is -2.56. The van der Waals surface area contributed by atoms with Crippen molar-refractivity contribution >= 4 is 0 Å². The van der Waals surface area contributed by atoms with Gasteiger partial charge in [0.2, 0.25) is 0 Å².